The van der Waals surface area contributed by atoms with E-state index in [9.17, 15) is 10.2 Å². The van der Waals surface area contributed by atoms with Crippen molar-refractivity contribution in [3.63, 3.8) is 0 Å². The molecule has 0 saturated carbocycles. The zero-order valence-electron chi connectivity index (χ0n) is 19.7. The first-order chi connectivity index (χ1) is 16.2. The second kappa shape index (κ2) is 11.1. The molecular weight excluding hydrogens is 408 g/mol. The largest absolute Gasteiger partial charge is 0.507 e. The van der Waals surface area contributed by atoms with Crippen LogP contribution in [0.3, 0.4) is 0 Å². The predicted octanol–water partition coefficient (Wildman–Crippen LogP) is 6.80. The minimum atomic E-state index is 0.248. The van der Waals surface area contributed by atoms with Crippen molar-refractivity contribution in [1.29, 1.82) is 0 Å². The van der Waals surface area contributed by atoms with Crippen molar-refractivity contribution in [3.8, 4) is 11.5 Å². The number of phenols is 2. The molecule has 2 N–H and O–H groups in total. The highest BCUT2D eigenvalue weighted by molar-refractivity contribution is 5.91. The van der Waals surface area contributed by atoms with Gasteiger partial charge in [-0.1, -0.05) is 76.2 Å². The number of nitrogens with zero attached hydrogens (tertiary/aromatic N) is 2. The Balaban J connectivity index is 0.000000728. The molecule has 5 rings (SSSR count). The van der Waals surface area contributed by atoms with E-state index >= 15 is 0 Å². The van der Waals surface area contributed by atoms with E-state index in [4.69, 9.17) is 0 Å². The minimum absolute atomic E-state index is 0.248. The molecule has 33 heavy (non-hydrogen) atoms. The Morgan fingerprint density at radius 2 is 0.939 bits per heavy atom. The molecule has 0 aliphatic carbocycles. The normalized spacial score (nSPS) is 14.3. The van der Waals surface area contributed by atoms with Gasteiger partial charge in [0, 0.05) is 12.1 Å². The van der Waals surface area contributed by atoms with Gasteiger partial charge in [-0.3, -0.25) is 0 Å². The fraction of sp³-hybridized carbons (Fsp3) is 0.172. The molecule has 4 heteroatoms. The number of phenolic OH excluding ortho intramolecular Hbond substituents is 2. The van der Waals surface area contributed by atoms with Crippen LogP contribution in [0, 0.1) is 0 Å². The standard InChI is InChI=1S/C25H18N2O2.2C2H6/c28-24-11-5-3-9-20(24)15-26-17-27(16-21-10-4-6-12-25(21)29)23-14-19-8-2-1-7-18(19)13-22(23)26;2*1-2/h1-16H,17H2;2*1-2H3/p+2. The summed E-state index contributed by atoms with van der Waals surface area (Å²) in [6.07, 6.45) is 3.92. The monoisotopic (exact) mass is 440 g/mol. The van der Waals surface area contributed by atoms with Gasteiger partial charge in [-0.15, -0.1) is 9.15 Å². The molecule has 0 saturated heterocycles. The molecule has 0 spiro atoms. The third kappa shape index (κ3) is 5.12. The predicted molar refractivity (Wildman–Crippen MR) is 138 cm³/mol. The summed E-state index contributed by atoms with van der Waals surface area (Å²) in [5, 5.41) is 22.7. The lowest BCUT2D eigenvalue weighted by Crippen LogP contribution is -2.12. The summed E-state index contributed by atoms with van der Waals surface area (Å²) in [6.45, 7) is 8.58. The van der Waals surface area contributed by atoms with Crippen molar-refractivity contribution in [2.24, 2.45) is 0 Å². The van der Waals surface area contributed by atoms with E-state index in [0.29, 0.717) is 6.67 Å². The van der Waals surface area contributed by atoms with Crippen LogP contribution in [0.1, 0.15) is 38.8 Å². The van der Waals surface area contributed by atoms with Crippen LogP contribution in [-0.4, -0.2) is 38.5 Å². The molecule has 4 nitrogen and oxygen atoms in total. The zero-order valence-corrected chi connectivity index (χ0v) is 19.7. The smallest absolute Gasteiger partial charge is 0.345 e. The van der Waals surface area contributed by atoms with Gasteiger partial charge in [-0.05, 0) is 35.0 Å². The molecule has 1 aliphatic rings. The van der Waals surface area contributed by atoms with E-state index in [1.165, 1.54) is 0 Å². The van der Waals surface area contributed by atoms with Crippen molar-refractivity contribution in [3.05, 3.63) is 96.1 Å². The highest BCUT2D eigenvalue weighted by Gasteiger charge is 2.36. The van der Waals surface area contributed by atoms with Gasteiger partial charge in [0.2, 0.25) is 0 Å². The van der Waals surface area contributed by atoms with E-state index in [-0.39, 0.29) is 11.5 Å². The third-order valence-electron chi connectivity index (χ3n) is 5.23. The summed E-state index contributed by atoms with van der Waals surface area (Å²) in [4.78, 5) is 0. The second-order valence-corrected chi connectivity index (χ2v) is 7.14. The number of hydrogen-bond donors (Lipinski definition) is 2. The summed E-state index contributed by atoms with van der Waals surface area (Å²) in [5.41, 5.74) is 3.63. The molecule has 1 heterocycles. The molecule has 0 amide bonds. The third-order valence-corrected chi connectivity index (χ3v) is 5.23. The molecule has 168 valence electrons. The quantitative estimate of drug-likeness (QED) is 0.337. The summed E-state index contributed by atoms with van der Waals surface area (Å²) in [5.74, 6) is 0.496. The fourth-order valence-electron chi connectivity index (χ4n) is 3.74. The summed E-state index contributed by atoms with van der Waals surface area (Å²) in [7, 11) is 0. The van der Waals surface area contributed by atoms with Gasteiger partial charge >= 0.3 is 6.67 Å². The highest BCUT2D eigenvalue weighted by Crippen LogP contribution is 2.37. The van der Waals surface area contributed by atoms with E-state index in [1.807, 2.05) is 88.7 Å². The van der Waals surface area contributed by atoms with Crippen LogP contribution in [0.5, 0.6) is 11.5 Å². The lowest BCUT2D eigenvalue weighted by atomic mass is 10.1. The highest BCUT2D eigenvalue weighted by atomic mass is 16.3. The van der Waals surface area contributed by atoms with Gasteiger partial charge in [0.15, 0.2) is 12.4 Å². The number of benzene rings is 4. The lowest BCUT2D eigenvalue weighted by molar-refractivity contribution is -0.614. The molecule has 1 aliphatic heterocycles. The Morgan fingerprint density at radius 3 is 1.33 bits per heavy atom. The van der Waals surface area contributed by atoms with Crippen molar-refractivity contribution >= 4 is 34.6 Å². The number of hydrogen-bond acceptors (Lipinski definition) is 2. The molecule has 0 fully saturated rings. The van der Waals surface area contributed by atoms with Crippen LogP contribution in [0.4, 0.5) is 11.4 Å². The number of para-hydroxylation sites is 2. The molecule has 0 radical (unpaired) electrons. The average Bonchev–Trinajstić information content (AvgIpc) is 3.19. The number of rotatable bonds is 2. The first kappa shape index (κ1) is 23.7. The molecule has 4 aromatic rings. The maximum absolute atomic E-state index is 10.2. The molecule has 0 unspecified atom stereocenters. The topological polar surface area (TPSA) is 46.5 Å². The van der Waals surface area contributed by atoms with Crippen LogP contribution in [0.15, 0.2) is 84.9 Å². The Kier molecular flexibility index (Phi) is 7.98. The van der Waals surface area contributed by atoms with E-state index in [2.05, 4.69) is 33.4 Å². The van der Waals surface area contributed by atoms with Gasteiger partial charge in [0.25, 0.3) is 11.4 Å². The van der Waals surface area contributed by atoms with E-state index in [1.54, 1.807) is 12.1 Å². The number of aromatic hydroxyl groups is 2. The first-order valence-corrected chi connectivity index (χ1v) is 11.5. The van der Waals surface area contributed by atoms with Gasteiger partial charge in [-0.2, -0.15) is 0 Å². The Hall–Kier alpha value is -3.92. The maximum Gasteiger partial charge on any atom is 0.345 e. The van der Waals surface area contributed by atoms with Crippen molar-refractivity contribution < 1.29 is 19.4 Å². The summed E-state index contributed by atoms with van der Waals surface area (Å²) in [6, 6.07) is 27.2. The second-order valence-electron chi connectivity index (χ2n) is 7.14. The molecule has 4 aromatic carbocycles. The van der Waals surface area contributed by atoms with E-state index < -0.39 is 0 Å². The number of fused-ring (bicyclic) bond motifs is 2. The minimum Gasteiger partial charge on any atom is -0.507 e. The fourth-order valence-corrected chi connectivity index (χ4v) is 3.74. The molecular formula is C29H32N2O2+2. The van der Waals surface area contributed by atoms with E-state index in [0.717, 1.165) is 33.3 Å². The SMILES string of the molecule is CC.CC.Oc1ccccc1/C=[N+]1\C/[N+](=C\c2ccccc2O)c2cc3ccccc3cc21. The van der Waals surface area contributed by atoms with Crippen LogP contribution in [0.25, 0.3) is 10.8 Å². The van der Waals surface area contributed by atoms with Crippen LogP contribution in [0.2, 0.25) is 0 Å². The van der Waals surface area contributed by atoms with Crippen LogP contribution in [-0.2, 0) is 0 Å². The van der Waals surface area contributed by atoms with Gasteiger partial charge in [0.05, 0.1) is 11.1 Å². The van der Waals surface area contributed by atoms with Crippen molar-refractivity contribution in [2.45, 2.75) is 27.7 Å². The maximum atomic E-state index is 10.2. The molecule has 0 aromatic heterocycles. The van der Waals surface area contributed by atoms with Gasteiger partial charge < -0.3 is 10.2 Å². The first-order valence-electron chi connectivity index (χ1n) is 11.5. The van der Waals surface area contributed by atoms with Crippen molar-refractivity contribution in [2.75, 3.05) is 6.67 Å². The molecule has 0 atom stereocenters. The zero-order chi connectivity index (χ0) is 23.8. The average molecular weight is 441 g/mol. The van der Waals surface area contributed by atoms with Crippen molar-refractivity contribution in [1.82, 2.24) is 0 Å². The Bertz CT molecular complexity index is 1210. The lowest BCUT2D eigenvalue weighted by Gasteiger charge is -1.98. The Labute approximate surface area is 196 Å². The van der Waals surface area contributed by atoms with Gasteiger partial charge in [-0.25, -0.2) is 0 Å². The van der Waals surface area contributed by atoms with Crippen LogP contribution < -0.4 is 0 Å². The Morgan fingerprint density at radius 1 is 0.576 bits per heavy atom. The molecule has 0 bridgehead atoms. The summed E-state index contributed by atoms with van der Waals surface area (Å²) >= 11 is 0. The van der Waals surface area contributed by atoms with Gasteiger partial charge in [0.1, 0.15) is 11.5 Å². The summed E-state index contributed by atoms with van der Waals surface area (Å²) < 4.78 is 4.24. The van der Waals surface area contributed by atoms with Crippen LogP contribution >= 0.6 is 0 Å².